The Hall–Kier alpha value is -1.65. The smallest absolute Gasteiger partial charge is 0.320 e. The fraction of sp³-hybridized carbons (Fsp3) is 0.417. The topological polar surface area (TPSA) is 23.6 Å². The number of hydrogen-bond donors (Lipinski definition) is 0. The number of urea groups is 1. The van der Waals surface area contributed by atoms with Crippen molar-refractivity contribution in [2.45, 2.75) is 13.0 Å². The van der Waals surface area contributed by atoms with Gasteiger partial charge >= 0.3 is 6.03 Å². The van der Waals surface area contributed by atoms with E-state index < -0.39 is 11.6 Å². The quantitative estimate of drug-likeness (QED) is 0.778. The lowest BCUT2D eigenvalue weighted by Gasteiger charge is -2.18. The molecule has 2 amide bonds. The zero-order chi connectivity index (χ0) is 12.6. The lowest BCUT2D eigenvalue weighted by atomic mass is 10.1. The minimum absolute atomic E-state index is 0.0813. The van der Waals surface area contributed by atoms with Crippen molar-refractivity contribution >= 4 is 6.03 Å². The molecule has 0 N–H and O–H groups in total. The van der Waals surface area contributed by atoms with Crippen LogP contribution in [0.4, 0.5) is 13.6 Å². The van der Waals surface area contributed by atoms with Gasteiger partial charge in [0.2, 0.25) is 0 Å². The molecular weight excluding hydrogens is 226 g/mol. The van der Waals surface area contributed by atoms with Crippen LogP contribution in [0.5, 0.6) is 0 Å². The standard InChI is InChI=1S/C12H14F2N2O/c1-3-16-7-11(15(2)12(16)17)8-4-5-9(13)10(14)6-8/h4-6,11H,3,7H2,1-2H3. The van der Waals surface area contributed by atoms with E-state index in [1.165, 1.54) is 6.07 Å². The summed E-state index contributed by atoms with van der Waals surface area (Å²) in [4.78, 5) is 15.0. The van der Waals surface area contributed by atoms with Gasteiger partial charge in [-0.25, -0.2) is 13.6 Å². The van der Waals surface area contributed by atoms with Gasteiger partial charge < -0.3 is 9.80 Å². The average Bonchev–Trinajstić information content (AvgIpc) is 2.60. The molecule has 1 aromatic carbocycles. The summed E-state index contributed by atoms with van der Waals surface area (Å²) < 4.78 is 26.0. The first-order valence-electron chi connectivity index (χ1n) is 5.51. The number of hydrogen-bond acceptors (Lipinski definition) is 1. The molecular formula is C12H14F2N2O. The molecule has 2 rings (SSSR count). The molecule has 1 aliphatic rings. The van der Waals surface area contributed by atoms with Crippen molar-refractivity contribution in [3.63, 3.8) is 0 Å². The molecule has 1 saturated heterocycles. The molecule has 1 unspecified atom stereocenters. The van der Waals surface area contributed by atoms with Gasteiger partial charge in [-0.15, -0.1) is 0 Å². The summed E-state index contributed by atoms with van der Waals surface area (Å²) in [5, 5.41) is 0. The zero-order valence-corrected chi connectivity index (χ0v) is 9.78. The Kier molecular flexibility index (Phi) is 3.00. The van der Waals surface area contributed by atoms with E-state index in [2.05, 4.69) is 0 Å². The van der Waals surface area contributed by atoms with E-state index in [-0.39, 0.29) is 12.1 Å². The van der Waals surface area contributed by atoms with Crippen LogP contribution in [0.2, 0.25) is 0 Å². The number of halogens is 2. The summed E-state index contributed by atoms with van der Waals surface area (Å²) in [6.07, 6.45) is 0. The average molecular weight is 240 g/mol. The molecule has 17 heavy (non-hydrogen) atoms. The summed E-state index contributed by atoms with van der Waals surface area (Å²) in [7, 11) is 1.67. The second-order valence-corrected chi connectivity index (χ2v) is 4.12. The largest absolute Gasteiger partial charge is 0.323 e. The number of carbonyl (C=O) groups is 1. The summed E-state index contributed by atoms with van der Waals surface area (Å²) >= 11 is 0. The van der Waals surface area contributed by atoms with E-state index in [0.29, 0.717) is 18.7 Å². The van der Waals surface area contributed by atoms with Gasteiger partial charge in [-0.1, -0.05) is 6.07 Å². The second kappa shape index (κ2) is 4.31. The molecule has 1 aliphatic heterocycles. The second-order valence-electron chi connectivity index (χ2n) is 4.12. The minimum atomic E-state index is -0.877. The predicted octanol–water partition coefficient (Wildman–Crippen LogP) is 2.39. The first kappa shape index (κ1) is 11.8. The molecule has 0 aromatic heterocycles. The fourth-order valence-electron chi connectivity index (χ4n) is 2.08. The van der Waals surface area contributed by atoms with Crippen molar-refractivity contribution in [3.8, 4) is 0 Å². The Morgan fingerprint density at radius 3 is 2.59 bits per heavy atom. The van der Waals surface area contributed by atoms with Gasteiger partial charge in [0.1, 0.15) is 0 Å². The molecule has 0 spiro atoms. The highest BCUT2D eigenvalue weighted by Crippen LogP contribution is 2.28. The van der Waals surface area contributed by atoms with E-state index in [4.69, 9.17) is 0 Å². The zero-order valence-electron chi connectivity index (χ0n) is 9.78. The van der Waals surface area contributed by atoms with Gasteiger partial charge in [0.15, 0.2) is 11.6 Å². The van der Waals surface area contributed by atoms with Crippen molar-refractivity contribution in [3.05, 3.63) is 35.4 Å². The van der Waals surface area contributed by atoms with Gasteiger partial charge in [-0.2, -0.15) is 0 Å². The highest BCUT2D eigenvalue weighted by Gasteiger charge is 2.34. The van der Waals surface area contributed by atoms with Crippen molar-refractivity contribution < 1.29 is 13.6 Å². The van der Waals surface area contributed by atoms with Crippen LogP contribution in [0.25, 0.3) is 0 Å². The van der Waals surface area contributed by atoms with Crippen molar-refractivity contribution in [1.82, 2.24) is 9.80 Å². The third-order valence-corrected chi connectivity index (χ3v) is 3.14. The molecule has 0 radical (unpaired) electrons. The van der Waals surface area contributed by atoms with Gasteiger partial charge in [-0.05, 0) is 24.6 Å². The van der Waals surface area contributed by atoms with Crippen LogP contribution < -0.4 is 0 Å². The van der Waals surface area contributed by atoms with Crippen LogP contribution in [0.3, 0.4) is 0 Å². The van der Waals surface area contributed by atoms with Crippen molar-refractivity contribution in [2.24, 2.45) is 0 Å². The highest BCUT2D eigenvalue weighted by atomic mass is 19.2. The molecule has 1 aromatic rings. The lowest BCUT2D eigenvalue weighted by molar-refractivity contribution is 0.197. The van der Waals surface area contributed by atoms with Gasteiger partial charge in [0, 0.05) is 20.1 Å². The molecule has 0 aliphatic carbocycles. The summed E-state index contributed by atoms with van der Waals surface area (Å²) in [5.41, 5.74) is 0.621. The molecule has 92 valence electrons. The summed E-state index contributed by atoms with van der Waals surface area (Å²) in [6.45, 7) is 3.01. The van der Waals surface area contributed by atoms with Crippen molar-refractivity contribution in [2.75, 3.05) is 20.1 Å². The first-order chi connectivity index (χ1) is 8.04. The van der Waals surface area contributed by atoms with Crippen molar-refractivity contribution in [1.29, 1.82) is 0 Å². The fourth-order valence-corrected chi connectivity index (χ4v) is 2.08. The normalized spacial score (nSPS) is 20.2. The number of amides is 2. The maximum Gasteiger partial charge on any atom is 0.320 e. The monoisotopic (exact) mass is 240 g/mol. The maximum atomic E-state index is 13.1. The Balaban J connectivity index is 2.29. The van der Waals surface area contributed by atoms with Crippen LogP contribution in [0.15, 0.2) is 18.2 Å². The van der Waals surface area contributed by atoms with Gasteiger partial charge in [-0.3, -0.25) is 0 Å². The van der Waals surface area contributed by atoms with E-state index in [0.717, 1.165) is 12.1 Å². The summed E-state index contributed by atoms with van der Waals surface area (Å²) in [6, 6.07) is 3.48. The molecule has 1 atom stereocenters. The lowest BCUT2D eigenvalue weighted by Crippen LogP contribution is -2.29. The third kappa shape index (κ3) is 1.97. The number of benzene rings is 1. The Morgan fingerprint density at radius 1 is 1.35 bits per heavy atom. The van der Waals surface area contributed by atoms with E-state index in [9.17, 15) is 13.6 Å². The molecule has 3 nitrogen and oxygen atoms in total. The van der Waals surface area contributed by atoms with Crippen LogP contribution in [0, 0.1) is 11.6 Å². The Morgan fingerprint density at radius 2 is 2.06 bits per heavy atom. The number of nitrogens with zero attached hydrogens (tertiary/aromatic N) is 2. The van der Waals surface area contributed by atoms with Crippen LogP contribution in [-0.2, 0) is 0 Å². The number of rotatable bonds is 2. The third-order valence-electron chi connectivity index (χ3n) is 3.14. The molecule has 1 heterocycles. The molecule has 1 fully saturated rings. The number of likely N-dealkylation sites (N-methyl/N-ethyl adjacent to an activating group) is 2. The minimum Gasteiger partial charge on any atom is -0.323 e. The van der Waals surface area contributed by atoms with E-state index >= 15 is 0 Å². The Labute approximate surface area is 98.6 Å². The highest BCUT2D eigenvalue weighted by molar-refractivity contribution is 5.77. The Bertz CT molecular complexity index is 450. The maximum absolute atomic E-state index is 13.1. The van der Waals surface area contributed by atoms with Gasteiger partial charge in [0.05, 0.1) is 6.04 Å². The van der Waals surface area contributed by atoms with E-state index in [1.54, 1.807) is 16.8 Å². The number of carbonyl (C=O) groups excluding carboxylic acids is 1. The van der Waals surface area contributed by atoms with Crippen LogP contribution in [0.1, 0.15) is 18.5 Å². The van der Waals surface area contributed by atoms with Gasteiger partial charge in [0.25, 0.3) is 0 Å². The SMILES string of the molecule is CCN1CC(c2ccc(F)c(F)c2)N(C)C1=O. The molecule has 5 heteroatoms. The van der Waals surface area contributed by atoms with Crippen LogP contribution >= 0.6 is 0 Å². The predicted molar refractivity (Wildman–Crippen MR) is 59.5 cm³/mol. The molecule has 0 saturated carbocycles. The van der Waals surface area contributed by atoms with Crippen LogP contribution in [-0.4, -0.2) is 36.0 Å². The molecule has 0 bridgehead atoms. The first-order valence-corrected chi connectivity index (χ1v) is 5.51. The summed E-state index contributed by atoms with van der Waals surface area (Å²) in [5.74, 6) is -1.74. The van der Waals surface area contributed by atoms with E-state index in [1.807, 2.05) is 6.92 Å².